The highest BCUT2D eigenvalue weighted by molar-refractivity contribution is 7.16. The van der Waals surface area contributed by atoms with E-state index in [-0.39, 0.29) is 11.5 Å². The molecule has 0 heterocycles. The third-order valence-corrected chi connectivity index (χ3v) is 3.57. The summed E-state index contributed by atoms with van der Waals surface area (Å²) in [7, 11) is 2.78. The molecule has 0 aromatic rings. The Balaban J connectivity index is 4.18. The van der Waals surface area contributed by atoms with Gasteiger partial charge in [-0.1, -0.05) is 38.2 Å². The molecule has 2 N–H and O–H groups in total. The van der Waals surface area contributed by atoms with Gasteiger partial charge in [0.25, 0.3) is 0 Å². The maximum Gasteiger partial charge on any atom is 0.00673 e. The van der Waals surface area contributed by atoms with E-state index in [9.17, 15) is 0 Å². The molecule has 0 aliphatic heterocycles. The minimum atomic E-state index is 0.235. The number of unbranched alkanes of at least 4 members (excludes halogenated alkanes) is 1. The number of allylic oxidation sites excluding steroid dienone is 3. The molecule has 0 aliphatic rings. The highest BCUT2D eigenvalue weighted by Gasteiger charge is 2.26. The summed E-state index contributed by atoms with van der Waals surface area (Å²) in [6.45, 7) is 8.08. The predicted octanol–water partition coefficient (Wildman–Crippen LogP) is 3.52. The lowest BCUT2D eigenvalue weighted by molar-refractivity contribution is 0.240. The van der Waals surface area contributed by atoms with Gasteiger partial charge in [0.05, 0.1) is 0 Å². The summed E-state index contributed by atoms with van der Waals surface area (Å²) in [6, 6.07) is 0.247. The maximum atomic E-state index is 6.07. The number of nitrogens with two attached hydrogens (primary N) is 1. The van der Waals surface area contributed by atoms with Crippen molar-refractivity contribution in [1.29, 1.82) is 0 Å². The molecule has 0 saturated heterocycles. The van der Waals surface area contributed by atoms with E-state index in [1.807, 2.05) is 12.2 Å². The molecule has 88 valence electrons. The molecule has 0 bridgehead atoms. The third kappa shape index (κ3) is 6.12. The zero-order valence-electron chi connectivity index (χ0n) is 10.2. The van der Waals surface area contributed by atoms with Crippen LogP contribution in [-0.4, -0.2) is 12.2 Å². The SMILES string of the molecule is C=C/C=C/CC(C)(CCCCP)C(C)N. The molecule has 0 fully saturated rings. The molecule has 1 nitrogen and oxygen atoms in total. The van der Waals surface area contributed by atoms with Crippen molar-refractivity contribution in [2.24, 2.45) is 11.1 Å². The van der Waals surface area contributed by atoms with Crippen LogP contribution >= 0.6 is 9.24 Å². The average molecular weight is 227 g/mol. The Morgan fingerprint density at radius 1 is 1.47 bits per heavy atom. The Labute approximate surface area is 97.4 Å². The molecule has 3 unspecified atom stereocenters. The first kappa shape index (κ1) is 14.9. The quantitative estimate of drug-likeness (QED) is 0.383. The monoisotopic (exact) mass is 227 g/mol. The molecule has 3 atom stereocenters. The Morgan fingerprint density at radius 2 is 2.13 bits per heavy atom. The topological polar surface area (TPSA) is 26.0 Å². The lowest BCUT2D eigenvalue weighted by Gasteiger charge is -2.32. The number of rotatable bonds is 8. The van der Waals surface area contributed by atoms with Crippen LogP contribution in [0.1, 0.15) is 39.5 Å². The highest BCUT2D eigenvalue weighted by atomic mass is 31.0. The van der Waals surface area contributed by atoms with E-state index in [1.165, 1.54) is 25.4 Å². The number of hydrogen-bond acceptors (Lipinski definition) is 1. The molecular formula is C13H26NP. The predicted molar refractivity (Wildman–Crippen MR) is 74.1 cm³/mol. The lowest BCUT2D eigenvalue weighted by Crippen LogP contribution is -2.36. The first-order valence-corrected chi connectivity index (χ1v) is 6.61. The standard InChI is InChI=1S/C13H26NP/c1-4-5-6-9-13(3,12(2)14)10-7-8-11-15/h4-6,12H,1,7-11,14-15H2,2-3H3/b6-5+. The molecule has 15 heavy (non-hydrogen) atoms. The minimum Gasteiger partial charge on any atom is -0.327 e. The first-order chi connectivity index (χ1) is 7.06. The van der Waals surface area contributed by atoms with Gasteiger partial charge in [0.2, 0.25) is 0 Å². The van der Waals surface area contributed by atoms with Crippen molar-refractivity contribution in [3.05, 3.63) is 24.8 Å². The molecule has 0 aliphatic carbocycles. The summed E-state index contributed by atoms with van der Waals surface area (Å²) < 4.78 is 0. The second kappa shape index (κ2) is 8.07. The average Bonchev–Trinajstić information content (AvgIpc) is 2.18. The van der Waals surface area contributed by atoms with Crippen LogP contribution in [0.3, 0.4) is 0 Å². The van der Waals surface area contributed by atoms with E-state index < -0.39 is 0 Å². The number of hydrogen-bond donors (Lipinski definition) is 1. The van der Waals surface area contributed by atoms with Crippen molar-refractivity contribution in [2.45, 2.75) is 45.6 Å². The van der Waals surface area contributed by atoms with Crippen LogP contribution < -0.4 is 5.73 Å². The summed E-state index contributed by atoms with van der Waals surface area (Å²) in [6.07, 6.45) is 12.0. The van der Waals surface area contributed by atoms with Gasteiger partial charge < -0.3 is 5.73 Å². The largest absolute Gasteiger partial charge is 0.327 e. The maximum absolute atomic E-state index is 6.07. The van der Waals surface area contributed by atoms with Crippen LogP contribution in [0, 0.1) is 5.41 Å². The van der Waals surface area contributed by atoms with Crippen molar-refractivity contribution in [3.8, 4) is 0 Å². The van der Waals surface area contributed by atoms with Gasteiger partial charge in [0.15, 0.2) is 0 Å². The molecule has 0 radical (unpaired) electrons. The lowest BCUT2D eigenvalue weighted by atomic mass is 9.76. The smallest absolute Gasteiger partial charge is 0.00673 e. The van der Waals surface area contributed by atoms with E-state index in [4.69, 9.17) is 5.73 Å². The van der Waals surface area contributed by atoms with Gasteiger partial charge in [-0.3, -0.25) is 0 Å². The fraction of sp³-hybridized carbons (Fsp3) is 0.692. The highest BCUT2D eigenvalue weighted by Crippen LogP contribution is 2.31. The van der Waals surface area contributed by atoms with Gasteiger partial charge >= 0.3 is 0 Å². The van der Waals surface area contributed by atoms with Crippen molar-refractivity contribution in [1.82, 2.24) is 0 Å². The summed E-state index contributed by atoms with van der Waals surface area (Å²) in [5.41, 5.74) is 6.31. The Hall–Kier alpha value is -0.130. The zero-order chi connectivity index (χ0) is 11.7. The van der Waals surface area contributed by atoms with Gasteiger partial charge in [0.1, 0.15) is 0 Å². The van der Waals surface area contributed by atoms with E-state index in [0.717, 1.165) is 6.42 Å². The molecule has 0 rings (SSSR count). The summed E-state index contributed by atoms with van der Waals surface area (Å²) in [4.78, 5) is 0. The van der Waals surface area contributed by atoms with Crippen LogP contribution in [-0.2, 0) is 0 Å². The minimum absolute atomic E-state index is 0.235. The van der Waals surface area contributed by atoms with Crippen molar-refractivity contribution in [3.63, 3.8) is 0 Å². The first-order valence-electron chi connectivity index (χ1n) is 5.80. The third-order valence-electron chi connectivity index (χ3n) is 3.16. The second-order valence-corrected chi connectivity index (χ2v) is 5.13. The molecule has 0 spiro atoms. The van der Waals surface area contributed by atoms with Crippen LogP contribution in [0.25, 0.3) is 0 Å². The van der Waals surface area contributed by atoms with Gasteiger partial charge in [-0.2, -0.15) is 0 Å². The van der Waals surface area contributed by atoms with Crippen molar-refractivity contribution in [2.75, 3.05) is 6.16 Å². The van der Waals surface area contributed by atoms with Gasteiger partial charge in [-0.25, -0.2) is 0 Å². The van der Waals surface area contributed by atoms with E-state index >= 15 is 0 Å². The molecule has 2 heteroatoms. The molecule has 0 amide bonds. The fourth-order valence-electron chi connectivity index (χ4n) is 1.62. The van der Waals surface area contributed by atoms with Crippen LogP contribution in [0.4, 0.5) is 0 Å². The van der Waals surface area contributed by atoms with Crippen molar-refractivity contribution < 1.29 is 0 Å². The van der Waals surface area contributed by atoms with Crippen molar-refractivity contribution >= 4 is 9.24 Å². The van der Waals surface area contributed by atoms with Crippen LogP contribution in [0.2, 0.25) is 0 Å². The zero-order valence-corrected chi connectivity index (χ0v) is 11.4. The summed E-state index contributed by atoms with van der Waals surface area (Å²) in [5, 5.41) is 0. The van der Waals surface area contributed by atoms with E-state index in [1.54, 1.807) is 0 Å². The summed E-state index contributed by atoms with van der Waals surface area (Å²) >= 11 is 0. The Bertz CT molecular complexity index is 199. The molecular weight excluding hydrogens is 201 g/mol. The molecule has 0 aromatic heterocycles. The van der Waals surface area contributed by atoms with Crippen LogP contribution in [0.15, 0.2) is 24.8 Å². The molecule has 0 saturated carbocycles. The van der Waals surface area contributed by atoms with E-state index in [0.29, 0.717) is 0 Å². The fourth-order valence-corrected chi connectivity index (χ4v) is 1.91. The Morgan fingerprint density at radius 3 is 2.60 bits per heavy atom. The van der Waals surface area contributed by atoms with Crippen LogP contribution in [0.5, 0.6) is 0 Å². The van der Waals surface area contributed by atoms with Gasteiger partial charge in [-0.15, -0.1) is 9.24 Å². The Kier molecular flexibility index (Phi) is 8.00. The van der Waals surface area contributed by atoms with E-state index in [2.05, 4.69) is 35.7 Å². The second-order valence-electron chi connectivity index (χ2n) is 4.56. The van der Waals surface area contributed by atoms with Gasteiger partial charge in [0, 0.05) is 6.04 Å². The molecule has 0 aromatic carbocycles. The summed E-state index contributed by atoms with van der Waals surface area (Å²) in [5.74, 6) is 0. The van der Waals surface area contributed by atoms with Gasteiger partial charge in [-0.05, 0) is 37.8 Å². The normalized spacial score (nSPS) is 17.6.